The average Bonchev–Trinajstić information content (AvgIpc) is 1.97. The molecule has 0 fully saturated rings. The third kappa shape index (κ3) is 4.75. The Balaban J connectivity index is 3.60. The first-order valence-corrected chi connectivity index (χ1v) is 3.58. The van der Waals surface area contributed by atoms with E-state index in [4.69, 9.17) is 5.02 Å². The summed E-state index contributed by atoms with van der Waals surface area (Å²) in [5.74, 6) is 0. The van der Waals surface area contributed by atoms with E-state index in [1.165, 1.54) is 0 Å². The highest BCUT2D eigenvalue weighted by atomic mass is 16.7. The molecule has 0 saturated carbocycles. The zero-order valence-electron chi connectivity index (χ0n) is 6.52. The summed E-state index contributed by atoms with van der Waals surface area (Å²) in [6, 6.07) is 0. The van der Waals surface area contributed by atoms with Crippen molar-refractivity contribution in [2.45, 2.75) is 32.4 Å². The van der Waals surface area contributed by atoms with E-state index in [1.807, 2.05) is 6.92 Å². The van der Waals surface area contributed by atoms with E-state index < -0.39 is 18.8 Å². The van der Waals surface area contributed by atoms with Crippen molar-refractivity contribution in [3.8, 4) is 0 Å². The van der Waals surface area contributed by atoms with Crippen LogP contribution in [0.5, 0.6) is 0 Å². The Morgan fingerprint density at radius 1 is 1.82 bits per heavy atom. The van der Waals surface area contributed by atoms with Gasteiger partial charge >= 0.3 is 13.9 Å². The molecule has 5 nitrogen and oxygen atoms in total. The summed E-state index contributed by atoms with van der Waals surface area (Å²) < 4.78 is 4.46. The molecule has 0 radical (unpaired) electrons. The second-order valence-electron chi connectivity index (χ2n) is 2.18. The zero-order chi connectivity index (χ0) is 8.69. The van der Waals surface area contributed by atoms with Crippen LogP contribution in [0.25, 0.3) is 0 Å². The van der Waals surface area contributed by atoms with Crippen LogP contribution in [0.2, 0.25) is 0 Å². The van der Waals surface area contributed by atoms with Crippen LogP contribution in [0.3, 0.4) is 0 Å². The Hall–Kier alpha value is -0.615. The average molecular weight is 161 g/mol. The van der Waals surface area contributed by atoms with Gasteiger partial charge in [-0.25, -0.2) is 0 Å². The SMILES string of the molecule is CCCCC(OBO)[N+](=O)[O-]. The second kappa shape index (κ2) is 6.12. The monoisotopic (exact) mass is 161 g/mol. The Morgan fingerprint density at radius 2 is 2.45 bits per heavy atom. The standard InChI is InChI=1S/C5H12BNO4/c1-2-3-4-5(7(9)10)11-6-8/h5-6,8H,2-4H2,1H3. The molecule has 0 spiro atoms. The molecule has 0 saturated heterocycles. The molecule has 0 aromatic rings. The van der Waals surface area contributed by atoms with Gasteiger partial charge in [-0.2, -0.15) is 0 Å². The molecule has 0 heterocycles. The molecule has 0 aromatic carbocycles. The van der Waals surface area contributed by atoms with Crippen LogP contribution < -0.4 is 0 Å². The van der Waals surface area contributed by atoms with E-state index in [0.29, 0.717) is 6.42 Å². The lowest BCUT2D eigenvalue weighted by Crippen LogP contribution is -2.24. The van der Waals surface area contributed by atoms with E-state index in [0.717, 1.165) is 12.8 Å². The van der Waals surface area contributed by atoms with Gasteiger partial charge < -0.3 is 9.68 Å². The smallest absolute Gasteiger partial charge is 0.430 e. The third-order valence-corrected chi connectivity index (χ3v) is 1.31. The first kappa shape index (κ1) is 10.4. The van der Waals surface area contributed by atoms with E-state index >= 15 is 0 Å². The van der Waals surface area contributed by atoms with Gasteiger partial charge in [0.05, 0.1) is 4.92 Å². The summed E-state index contributed by atoms with van der Waals surface area (Å²) >= 11 is 0. The van der Waals surface area contributed by atoms with Crippen LogP contribution in [0.15, 0.2) is 0 Å². The molecule has 1 unspecified atom stereocenters. The lowest BCUT2D eigenvalue weighted by molar-refractivity contribution is -0.565. The highest BCUT2D eigenvalue weighted by Gasteiger charge is 2.18. The molecular formula is C5H12BNO4. The first-order chi connectivity index (χ1) is 5.22. The van der Waals surface area contributed by atoms with Crippen molar-refractivity contribution in [1.82, 2.24) is 0 Å². The molecule has 0 aromatic heterocycles. The topological polar surface area (TPSA) is 72.6 Å². The van der Waals surface area contributed by atoms with Crippen LogP contribution in [0, 0.1) is 10.1 Å². The summed E-state index contributed by atoms with van der Waals surface area (Å²) in [5, 5.41) is 18.4. The summed E-state index contributed by atoms with van der Waals surface area (Å²) in [6.45, 7) is 1.94. The maximum absolute atomic E-state index is 10.2. The number of unbranched alkanes of at least 4 members (excludes halogenated alkanes) is 1. The summed E-state index contributed by atoms with van der Waals surface area (Å²) in [4.78, 5) is 9.64. The van der Waals surface area contributed by atoms with Gasteiger partial charge in [0.15, 0.2) is 0 Å². The number of hydrogen-bond acceptors (Lipinski definition) is 4. The highest BCUT2D eigenvalue weighted by molar-refractivity contribution is 6.15. The van der Waals surface area contributed by atoms with Gasteiger partial charge in [-0.05, 0) is 6.42 Å². The molecular weight excluding hydrogens is 149 g/mol. The van der Waals surface area contributed by atoms with Gasteiger partial charge in [-0.15, -0.1) is 0 Å². The number of rotatable bonds is 6. The summed E-state index contributed by atoms with van der Waals surface area (Å²) in [5.41, 5.74) is 0. The maximum atomic E-state index is 10.2. The largest absolute Gasteiger partial charge is 0.440 e. The predicted octanol–water partition coefficient (Wildman–Crippen LogP) is 0.0548. The van der Waals surface area contributed by atoms with Gasteiger partial charge in [0.2, 0.25) is 0 Å². The highest BCUT2D eigenvalue weighted by Crippen LogP contribution is 2.03. The minimum Gasteiger partial charge on any atom is -0.430 e. The van der Waals surface area contributed by atoms with Gasteiger partial charge in [-0.3, -0.25) is 10.1 Å². The maximum Gasteiger partial charge on any atom is 0.440 e. The van der Waals surface area contributed by atoms with Crippen LogP contribution >= 0.6 is 0 Å². The normalized spacial score (nSPS) is 12.5. The molecule has 0 aliphatic heterocycles. The first-order valence-electron chi connectivity index (χ1n) is 3.58. The van der Waals surface area contributed by atoms with E-state index in [2.05, 4.69) is 4.65 Å². The molecule has 1 N–H and O–H groups in total. The Labute approximate surface area is 65.8 Å². The van der Waals surface area contributed by atoms with Crippen LogP contribution in [0.4, 0.5) is 0 Å². The van der Waals surface area contributed by atoms with Gasteiger partial charge in [0.25, 0.3) is 0 Å². The minimum absolute atomic E-state index is 0.365. The fourth-order valence-electron chi connectivity index (χ4n) is 0.714. The van der Waals surface area contributed by atoms with Crippen LogP contribution in [0.1, 0.15) is 26.2 Å². The second-order valence-corrected chi connectivity index (χ2v) is 2.18. The molecule has 64 valence electrons. The minimum atomic E-state index is -1.04. The van der Waals surface area contributed by atoms with Crippen LogP contribution in [-0.4, -0.2) is 23.9 Å². The van der Waals surface area contributed by atoms with Gasteiger partial charge in [-0.1, -0.05) is 13.3 Å². The van der Waals surface area contributed by atoms with Gasteiger partial charge in [0, 0.05) is 6.42 Å². The lowest BCUT2D eigenvalue weighted by atomic mass is 10.2. The van der Waals surface area contributed by atoms with Crippen molar-refractivity contribution in [1.29, 1.82) is 0 Å². The molecule has 0 rings (SSSR count). The molecule has 0 bridgehead atoms. The zero-order valence-corrected chi connectivity index (χ0v) is 6.52. The molecule has 0 aliphatic rings. The van der Waals surface area contributed by atoms with E-state index in [1.54, 1.807) is 0 Å². The number of nitro groups is 1. The predicted molar refractivity (Wildman–Crippen MR) is 40.8 cm³/mol. The number of hydrogen-bond donors (Lipinski definition) is 1. The summed E-state index contributed by atoms with van der Waals surface area (Å²) in [6.07, 6.45) is 0.953. The van der Waals surface area contributed by atoms with Crippen molar-refractivity contribution in [3.63, 3.8) is 0 Å². The molecule has 0 aliphatic carbocycles. The van der Waals surface area contributed by atoms with Crippen LogP contribution in [-0.2, 0) is 4.65 Å². The van der Waals surface area contributed by atoms with Crippen molar-refractivity contribution in [3.05, 3.63) is 10.1 Å². The van der Waals surface area contributed by atoms with Crippen molar-refractivity contribution in [2.24, 2.45) is 0 Å². The van der Waals surface area contributed by atoms with Crippen molar-refractivity contribution in [2.75, 3.05) is 0 Å². The Morgan fingerprint density at radius 3 is 2.82 bits per heavy atom. The number of nitrogens with zero attached hydrogens (tertiary/aromatic N) is 1. The van der Waals surface area contributed by atoms with Crippen molar-refractivity contribution < 1.29 is 14.6 Å². The van der Waals surface area contributed by atoms with E-state index in [9.17, 15) is 10.1 Å². The third-order valence-electron chi connectivity index (χ3n) is 1.31. The lowest BCUT2D eigenvalue weighted by Gasteiger charge is -2.06. The van der Waals surface area contributed by atoms with E-state index in [-0.39, 0.29) is 0 Å². The quantitative estimate of drug-likeness (QED) is 0.258. The molecule has 6 heteroatoms. The fourth-order valence-corrected chi connectivity index (χ4v) is 0.714. The summed E-state index contributed by atoms with van der Waals surface area (Å²) in [7, 11) is -0.588. The fraction of sp³-hybridized carbons (Fsp3) is 1.00. The van der Waals surface area contributed by atoms with Crippen molar-refractivity contribution >= 4 is 7.69 Å². The van der Waals surface area contributed by atoms with Gasteiger partial charge in [0.1, 0.15) is 0 Å². The molecule has 0 amide bonds. The Bertz CT molecular complexity index is 121. The molecule has 11 heavy (non-hydrogen) atoms. The Kier molecular flexibility index (Phi) is 5.78. The molecule has 1 atom stereocenters.